The molecule has 0 saturated heterocycles. The van der Waals surface area contributed by atoms with Crippen molar-refractivity contribution in [2.75, 3.05) is 6.54 Å². The van der Waals surface area contributed by atoms with E-state index in [-0.39, 0.29) is 0 Å². The summed E-state index contributed by atoms with van der Waals surface area (Å²) in [6.45, 7) is 4.02. The van der Waals surface area contributed by atoms with E-state index in [1.54, 1.807) is 0 Å². The van der Waals surface area contributed by atoms with Crippen LogP contribution >= 0.6 is 0 Å². The number of hydrogen-bond acceptors (Lipinski definition) is 5. The SMILES string of the molecule is CCN(Cc1nc(C2CC2)no1)C1CCC(N)CC1. The van der Waals surface area contributed by atoms with E-state index in [0.717, 1.165) is 37.6 Å². The summed E-state index contributed by atoms with van der Waals surface area (Å²) in [5.41, 5.74) is 5.98. The Labute approximate surface area is 114 Å². The summed E-state index contributed by atoms with van der Waals surface area (Å²) in [5.74, 6) is 2.26. The topological polar surface area (TPSA) is 68.2 Å². The quantitative estimate of drug-likeness (QED) is 0.881. The third kappa shape index (κ3) is 3.15. The lowest BCUT2D eigenvalue weighted by Crippen LogP contribution is -2.40. The van der Waals surface area contributed by atoms with E-state index in [2.05, 4.69) is 22.0 Å². The highest BCUT2D eigenvalue weighted by Gasteiger charge is 2.30. The molecule has 5 heteroatoms. The fourth-order valence-corrected chi connectivity index (χ4v) is 2.98. The predicted molar refractivity (Wildman–Crippen MR) is 72.6 cm³/mol. The van der Waals surface area contributed by atoms with E-state index in [1.807, 2.05) is 0 Å². The maximum atomic E-state index is 5.98. The van der Waals surface area contributed by atoms with Crippen LogP contribution in [0.15, 0.2) is 4.52 Å². The Bertz CT molecular complexity index is 407. The molecule has 1 aromatic rings. The first kappa shape index (κ1) is 13.1. The maximum absolute atomic E-state index is 5.98. The summed E-state index contributed by atoms with van der Waals surface area (Å²) >= 11 is 0. The molecule has 0 amide bonds. The largest absolute Gasteiger partial charge is 0.338 e. The lowest BCUT2D eigenvalue weighted by atomic mass is 9.91. The van der Waals surface area contributed by atoms with E-state index >= 15 is 0 Å². The molecule has 3 rings (SSSR count). The van der Waals surface area contributed by atoms with Gasteiger partial charge in [0.25, 0.3) is 0 Å². The zero-order chi connectivity index (χ0) is 13.2. The average Bonchev–Trinajstić information content (AvgIpc) is 3.17. The lowest BCUT2D eigenvalue weighted by Gasteiger charge is -2.34. The summed E-state index contributed by atoms with van der Waals surface area (Å²) in [6.07, 6.45) is 7.10. The molecule has 0 spiro atoms. The molecule has 5 nitrogen and oxygen atoms in total. The Hall–Kier alpha value is -0.940. The summed E-state index contributed by atoms with van der Waals surface area (Å²) < 4.78 is 5.38. The van der Waals surface area contributed by atoms with Crippen LogP contribution in [0.25, 0.3) is 0 Å². The van der Waals surface area contributed by atoms with E-state index in [0.29, 0.717) is 18.0 Å². The van der Waals surface area contributed by atoms with E-state index < -0.39 is 0 Å². The van der Waals surface area contributed by atoms with Crippen molar-refractivity contribution in [3.8, 4) is 0 Å². The Kier molecular flexibility index (Phi) is 3.84. The van der Waals surface area contributed by atoms with Crippen LogP contribution < -0.4 is 5.73 Å². The van der Waals surface area contributed by atoms with Gasteiger partial charge in [-0.05, 0) is 45.1 Å². The molecule has 19 heavy (non-hydrogen) atoms. The monoisotopic (exact) mass is 264 g/mol. The lowest BCUT2D eigenvalue weighted by molar-refractivity contribution is 0.133. The molecular weight excluding hydrogens is 240 g/mol. The normalized spacial score (nSPS) is 27.9. The van der Waals surface area contributed by atoms with Crippen molar-refractivity contribution < 1.29 is 4.52 Å². The van der Waals surface area contributed by atoms with Gasteiger partial charge in [0.1, 0.15) is 0 Å². The van der Waals surface area contributed by atoms with Gasteiger partial charge in [0.2, 0.25) is 5.89 Å². The highest BCUT2D eigenvalue weighted by molar-refractivity contribution is 5.03. The highest BCUT2D eigenvalue weighted by Crippen LogP contribution is 2.38. The van der Waals surface area contributed by atoms with Gasteiger partial charge in [-0.2, -0.15) is 4.98 Å². The van der Waals surface area contributed by atoms with E-state index in [9.17, 15) is 0 Å². The van der Waals surface area contributed by atoms with Crippen molar-refractivity contribution in [2.45, 2.75) is 70.0 Å². The molecule has 1 heterocycles. The first-order chi connectivity index (χ1) is 9.26. The molecule has 0 aromatic carbocycles. The number of nitrogens with zero attached hydrogens (tertiary/aromatic N) is 3. The minimum atomic E-state index is 0.403. The van der Waals surface area contributed by atoms with Crippen molar-refractivity contribution >= 4 is 0 Å². The van der Waals surface area contributed by atoms with Crippen LogP contribution in [0.4, 0.5) is 0 Å². The van der Waals surface area contributed by atoms with Crippen molar-refractivity contribution in [1.29, 1.82) is 0 Å². The highest BCUT2D eigenvalue weighted by atomic mass is 16.5. The standard InChI is InChI=1S/C14H24N4O/c1-2-18(12-7-5-11(15)6-8-12)9-13-16-14(17-19-13)10-3-4-10/h10-12H,2-9,15H2,1H3. The Morgan fingerprint density at radius 2 is 1.95 bits per heavy atom. The second-order valence-electron chi connectivity index (χ2n) is 5.95. The molecule has 0 unspecified atom stereocenters. The van der Waals surface area contributed by atoms with Gasteiger partial charge in [0.15, 0.2) is 5.82 Å². The average molecular weight is 264 g/mol. The third-order valence-corrected chi connectivity index (χ3v) is 4.43. The molecule has 0 atom stereocenters. The Morgan fingerprint density at radius 1 is 1.21 bits per heavy atom. The molecule has 1 aromatic heterocycles. The Morgan fingerprint density at radius 3 is 2.58 bits per heavy atom. The van der Waals surface area contributed by atoms with Crippen LogP contribution in [-0.4, -0.2) is 33.7 Å². The first-order valence-corrected chi connectivity index (χ1v) is 7.58. The van der Waals surface area contributed by atoms with Crippen LogP contribution in [0.3, 0.4) is 0 Å². The van der Waals surface area contributed by atoms with Crippen LogP contribution in [-0.2, 0) is 6.54 Å². The van der Waals surface area contributed by atoms with E-state index in [4.69, 9.17) is 10.3 Å². The summed E-state index contributed by atoms with van der Waals surface area (Å²) in [7, 11) is 0. The summed E-state index contributed by atoms with van der Waals surface area (Å²) in [4.78, 5) is 6.98. The van der Waals surface area contributed by atoms with Crippen LogP contribution in [0.5, 0.6) is 0 Å². The minimum Gasteiger partial charge on any atom is -0.338 e. The molecule has 0 aliphatic heterocycles. The molecule has 0 bridgehead atoms. The molecule has 2 N–H and O–H groups in total. The van der Waals surface area contributed by atoms with E-state index in [1.165, 1.54) is 25.7 Å². The summed E-state index contributed by atoms with van der Waals surface area (Å²) in [6, 6.07) is 1.03. The minimum absolute atomic E-state index is 0.403. The van der Waals surface area contributed by atoms with Crippen LogP contribution in [0, 0.1) is 0 Å². The third-order valence-electron chi connectivity index (χ3n) is 4.43. The van der Waals surface area contributed by atoms with Crippen LogP contribution in [0.2, 0.25) is 0 Å². The van der Waals surface area contributed by atoms with Gasteiger partial charge in [-0.3, -0.25) is 4.90 Å². The fraction of sp³-hybridized carbons (Fsp3) is 0.857. The van der Waals surface area contributed by atoms with Gasteiger partial charge < -0.3 is 10.3 Å². The maximum Gasteiger partial charge on any atom is 0.240 e. The number of aromatic nitrogens is 2. The summed E-state index contributed by atoms with van der Waals surface area (Å²) in [5, 5.41) is 4.09. The van der Waals surface area contributed by atoms with Crippen molar-refractivity contribution in [1.82, 2.24) is 15.0 Å². The zero-order valence-electron chi connectivity index (χ0n) is 11.7. The van der Waals surface area contributed by atoms with Gasteiger partial charge in [-0.1, -0.05) is 12.1 Å². The fourth-order valence-electron chi connectivity index (χ4n) is 2.98. The molecule has 2 saturated carbocycles. The van der Waals surface area contributed by atoms with Gasteiger partial charge >= 0.3 is 0 Å². The van der Waals surface area contributed by atoms with Gasteiger partial charge in [0.05, 0.1) is 6.54 Å². The van der Waals surface area contributed by atoms with Crippen molar-refractivity contribution in [3.05, 3.63) is 11.7 Å². The van der Waals surface area contributed by atoms with Gasteiger partial charge in [-0.25, -0.2) is 0 Å². The smallest absolute Gasteiger partial charge is 0.240 e. The molecule has 2 aliphatic rings. The molecule has 106 valence electrons. The van der Waals surface area contributed by atoms with Gasteiger partial charge in [0, 0.05) is 18.0 Å². The molecule has 2 aliphatic carbocycles. The number of nitrogens with two attached hydrogens (primary N) is 1. The molecule has 0 radical (unpaired) electrons. The first-order valence-electron chi connectivity index (χ1n) is 7.58. The zero-order valence-corrected chi connectivity index (χ0v) is 11.7. The second kappa shape index (κ2) is 5.59. The molecular formula is C14H24N4O. The van der Waals surface area contributed by atoms with Gasteiger partial charge in [-0.15, -0.1) is 0 Å². The van der Waals surface area contributed by atoms with Crippen molar-refractivity contribution in [3.63, 3.8) is 0 Å². The number of hydrogen-bond donors (Lipinski definition) is 1. The van der Waals surface area contributed by atoms with Crippen molar-refractivity contribution in [2.24, 2.45) is 5.73 Å². The second-order valence-corrected chi connectivity index (χ2v) is 5.95. The molecule has 2 fully saturated rings. The Balaban J connectivity index is 1.58. The van der Waals surface area contributed by atoms with Crippen LogP contribution in [0.1, 0.15) is 63.1 Å². The predicted octanol–water partition coefficient (Wildman–Crippen LogP) is 2.04. The number of rotatable bonds is 5.